The maximum Gasteiger partial charge on any atom is 0.417 e. The van der Waals surface area contributed by atoms with Crippen molar-refractivity contribution in [1.82, 2.24) is 4.98 Å². The predicted molar refractivity (Wildman–Crippen MR) is 58.4 cm³/mol. The van der Waals surface area contributed by atoms with Crippen LogP contribution in [0.25, 0.3) is 10.9 Å². The van der Waals surface area contributed by atoms with Crippen molar-refractivity contribution in [3.05, 3.63) is 41.1 Å². The summed E-state index contributed by atoms with van der Waals surface area (Å²) in [7, 11) is 0. The monoisotopic (exact) mass is 255 g/mol. The van der Waals surface area contributed by atoms with E-state index in [4.69, 9.17) is 5.11 Å². The molecule has 1 N–H and O–H groups in total. The Bertz CT molecular complexity index is 635. The second-order valence-electron chi connectivity index (χ2n) is 3.88. The standard InChI is InChI=1S/C12H8F3NO2/c1-6-2-3-7-8(12(13,14)15)5-10(11(17)18)16-9(7)4-6/h2-5H,1H3,(H,17,18). The van der Waals surface area contributed by atoms with Crippen LogP contribution in [0, 0.1) is 6.92 Å². The molecule has 0 aliphatic heterocycles. The largest absolute Gasteiger partial charge is 0.477 e. The molecule has 2 aromatic rings. The van der Waals surface area contributed by atoms with Gasteiger partial charge in [0.05, 0.1) is 11.1 Å². The smallest absolute Gasteiger partial charge is 0.417 e. The lowest BCUT2D eigenvalue weighted by molar-refractivity contribution is -0.136. The molecule has 0 atom stereocenters. The van der Waals surface area contributed by atoms with Gasteiger partial charge in [0.1, 0.15) is 5.69 Å². The molecule has 6 heteroatoms. The lowest BCUT2D eigenvalue weighted by Crippen LogP contribution is -2.10. The molecule has 2 rings (SSSR count). The van der Waals surface area contributed by atoms with E-state index in [0.29, 0.717) is 11.6 Å². The number of aryl methyl sites for hydroxylation is 1. The number of hydrogen-bond donors (Lipinski definition) is 1. The van der Waals surface area contributed by atoms with Crippen LogP contribution in [-0.4, -0.2) is 16.1 Å². The van der Waals surface area contributed by atoms with E-state index in [1.807, 2.05) is 0 Å². The first-order valence-electron chi connectivity index (χ1n) is 5.01. The van der Waals surface area contributed by atoms with E-state index in [2.05, 4.69) is 4.98 Å². The number of pyridine rings is 1. The normalized spacial score (nSPS) is 11.8. The maximum absolute atomic E-state index is 12.8. The molecule has 0 saturated heterocycles. The number of alkyl halides is 3. The molecule has 0 radical (unpaired) electrons. The van der Waals surface area contributed by atoms with E-state index in [0.717, 1.165) is 0 Å². The van der Waals surface area contributed by atoms with Crippen molar-refractivity contribution in [1.29, 1.82) is 0 Å². The molecule has 0 saturated carbocycles. The Morgan fingerprint density at radius 1 is 1.28 bits per heavy atom. The van der Waals surface area contributed by atoms with E-state index in [-0.39, 0.29) is 10.9 Å². The first-order valence-corrected chi connectivity index (χ1v) is 5.01. The SMILES string of the molecule is Cc1ccc2c(C(F)(F)F)cc(C(=O)O)nc2c1. The third-order valence-corrected chi connectivity index (χ3v) is 2.49. The fraction of sp³-hybridized carbons (Fsp3) is 0.167. The molecule has 1 heterocycles. The summed E-state index contributed by atoms with van der Waals surface area (Å²) in [5.74, 6) is -1.48. The number of fused-ring (bicyclic) bond motifs is 1. The number of benzene rings is 1. The lowest BCUT2D eigenvalue weighted by Gasteiger charge is -2.11. The number of carboxylic acid groups (broad SMARTS) is 1. The highest BCUT2D eigenvalue weighted by Crippen LogP contribution is 2.35. The molecule has 1 aromatic carbocycles. The fourth-order valence-electron chi connectivity index (χ4n) is 1.68. The third kappa shape index (κ3) is 2.13. The van der Waals surface area contributed by atoms with Crippen LogP contribution < -0.4 is 0 Å². The molecule has 0 aliphatic carbocycles. The molecule has 0 unspecified atom stereocenters. The summed E-state index contributed by atoms with van der Waals surface area (Å²) >= 11 is 0. The molecular weight excluding hydrogens is 247 g/mol. The summed E-state index contributed by atoms with van der Waals surface area (Å²) in [5.41, 5.74) is -0.849. The molecule has 0 bridgehead atoms. The Labute approximate surface area is 99.9 Å². The predicted octanol–water partition coefficient (Wildman–Crippen LogP) is 3.26. The Kier molecular flexibility index (Phi) is 2.73. The summed E-state index contributed by atoms with van der Waals surface area (Å²) in [5, 5.41) is 8.67. The number of carboxylic acids is 1. The average Bonchev–Trinajstić information content (AvgIpc) is 2.25. The van der Waals surface area contributed by atoms with Gasteiger partial charge in [-0.2, -0.15) is 13.2 Å². The molecule has 1 aromatic heterocycles. The first kappa shape index (κ1) is 12.3. The van der Waals surface area contributed by atoms with E-state index in [1.165, 1.54) is 18.2 Å². The molecule has 18 heavy (non-hydrogen) atoms. The van der Waals surface area contributed by atoms with E-state index in [1.54, 1.807) is 6.92 Å². The van der Waals surface area contributed by atoms with E-state index >= 15 is 0 Å². The van der Waals surface area contributed by atoms with Crippen molar-refractivity contribution in [2.45, 2.75) is 13.1 Å². The van der Waals surface area contributed by atoms with Crippen molar-refractivity contribution in [3.8, 4) is 0 Å². The third-order valence-electron chi connectivity index (χ3n) is 2.49. The highest BCUT2D eigenvalue weighted by atomic mass is 19.4. The van der Waals surface area contributed by atoms with Crippen molar-refractivity contribution in [3.63, 3.8) is 0 Å². The summed E-state index contributed by atoms with van der Waals surface area (Å²) in [6.45, 7) is 1.70. The van der Waals surface area contributed by atoms with Crippen molar-refractivity contribution in [2.24, 2.45) is 0 Å². The number of rotatable bonds is 1. The van der Waals surface area contributed by atoms with Gasteiger partial charge in [0, 0.05) is 5.39 Å². The average molecular weight is 255 g/mol. The van der Waals surface area contributed by atoms with Gasteiger partial charge in [0.2, 0.25) is 0 Å². The van der Waals surface area contributed by atoms with Gasteiger partial charge in [-0.05, 0) is 24.6 Å². The number of carbonyl (C=O) groups is 1. The fourth-order valence-corrected chi connectivity index (χ4v) is 1.68. The molecule has 0 amide bonds. The quantitative estimate of drug-likeness (QED) is 0.850. The van der Waals surface area contributed by atoms with Crippen LogP contribution in [-0.2, 0) is 6.18 Å². The summed E-state index contributed by atoms with van der Waals surface area (Å²) in [6.07, 6.45) is -4.61. The van der Waals surface area contributed by atoms with Crippen LogP contribution in [0.3, 0.4) is 0 Å². The summed E-state index contributed by atoms with van der Waals surface area (Å²) < 4.78 is 38.5. The highest BCUT2D eigenvalue weighted by molar-refractivity contribution is 5.92. The Balaban J connectivity index is 2.85. The van der Waals surface area contributed by atoms with Crippen LogP contribution in [0.5, 0.6) is 0 Å². The first-order chi connectivity index (χ1) is 8.29. The number of aromatic nitrogens is 1. The van der Waals surface area contributed by atoms with Gasteiger partial charge in [0.15, 0.2) is 0 Å². The minimum Gasteiger partial charge on any atom is -0.477 e. The zero-order valence-corrected chi connectivity index (χ0v) is 9.25. The Morgan fingerprint density at radius 2 is 1.94 bits per heavy atom. The Morgan fingerprint density at radius 3 is 2.50 bits per heavy atom. The Hall–Kier alpha value is -2.11. The maximum atomic E-state index is 12.8. The zero-order valence-electron chi connectivity index (χ0n) is 9.25. The van der Waals surface area contributed by atoms with Gasteiger partial charge >= 0.3 is 12.1 Å². The lowest BCUT2D eigenvalue weighted by atomic mass is 10.1. The molecular formula is C12H8F3NO2. The van der Waals surface area contributed by atoms with Crippen LogP contribution >= 0.6 is 0 Å². The van der Waals surface area contributed by atoms with Crippen molar-refractivity contribution in [2.75, 3.05) is 0 Å². The number of aromatic carboxylic acids is 1. The minimum atomic E-state index is -4.61. The second kappa shape index (κ2) is 3.97. The van der Waals surface area contributed by atoms with Gasteiger partial charge in [-0.15, -0.1) is 0 Å². The zero-order chi connectivity index (χ0) is 13.5. The van der Waals surface area contributed by atoms with Gasteiger partial charge in [-0.1, -0.05) is 12.1 Å². The number of nitrogens with zero attached hydrogens (tertiary/aromatic N) is 1. The van der Waals surface area contributed by atoms with Crippen LogP contribution in [0.15, 0.2) is 24.3 Å². The number of hydrogen-bond acceptors (Lipinski definition) is 2. The number of halogens is 3. The molecule has 0 spiro atoms. The van der Waals surface area contributed by atoms with Gasteiger partial charge in [-0.3, -0.25) is 0 Å². The van der Waals surface area contributed by atoms with Crippen LogP contribution in [0.2, 0.25) is 0 Å². The van der Waals surface area contributed by atoms with E-state index < -0.39 is 23.4 Å². The second-order valence-corrected chi connectivity index (χ2v) is 3.88. The molecule has 0 fully saturated rings. The van der Waals surface area contributed by atoms with Gasteiger partial charge in [0.25, 0.3) is 0 Å². The molecule has 3 nitrogen and oxygen atoms in total. The molecule has 0 aliphatic rings. The van der Waals surface area contributed by atoms with Crippen LogP contribution in [0.4, 0.5) is 13.2 Å². The minimum absolute atomic E-state index is 0.0298. The topological polar surface area (TPSA) is 50.2 Å². The molecule has 94 valence electrons. The summed E-state index contributed by atoms with van der Waals surface area (Å²) in [6, 6.07) is 4.81. The van der Waals surface area contributed by atoms with Gasteiger partial charge < -0.3 is 5.11 Å². The van der Waals surface area contributed by atoms with E-state index in [9.17, 15) is 18.0 Å². The highest BCUT2D eigenvalue weighted by Gasteiger charge is 2.34. The summed E-state index contributed by atoms with van der Waals surface area (Å²) in [4.78, 5) is 14.5. The van der Waals surface area contributed by atoms with Crippen LogP contribution in [0.1, 0.15) is 21.6 Å². The van der Waals surface area contributed by atoms with Crippen molar-refractivity contribution < 1.29 is 23.1 Å². The van der Waals surface area contributed by atoms with Gasteiger partial charge in [-0.25, -0.2) is 9.78 Å². The van der Waals surface area contributed by atoms with Crippen molar-refractivity contribution >= 4 is 16.9 Å².